The van der Waals surface area contributed by atoms with Crippen LogP contribution >= 0.6 is 15.6 Å². The van der Waals surface area contributed by atoms with Crippen molar-refractivity contribution in [2.24, 2.45) is 0 Å². The molecule has 0 aromatic heterocycles. The van der Waals surface area contributed by atoms with Gasteiger partial charge in [-0.15, -0.1) is 0 Å². The van der Waals surface area contributed by atoms with Gasteiger partial charge in [-0.25, -0.2) is 9.13 Å². The molecule has 0 rings (SSSR count). The predicted molar refractivity (Wildman–Crippen MR) is 389 cm³/mol. The van der Waals surface area contributed by atoms with Crippen LogP contribution in [0.2, 0.25) is 0 Å². The Balaban J connectivity index is 4.63. The first kappa shape index (κ1) is 90.4. The highest BCUT2D eigenvalue weighted by molar-refractivity contribution is 7.47. The molecule has 0 aliphatic rings. The van der Waals surface area contributed by atoms with E-state index in [-0.39, 0.29) is 19.3 Å². The number of carbonyl (C=O) groups is 3. The van der Waals surface area contributed by atoms with E-state index in [4.69, 9.17) is 32.3 Å². The lowest BCUT2D eigenvalue weighted by atomic mass is 10.1. The normalized spacial score (nSPS) is 15.0. The fourth-order valence-electron chi connectivity index (χ4n) is 9.13. The monoisotopic (exact) mass is 1370 g/mol. The zero-order valence-corrected chi connectivity index (χ0v) is 60.6. The van der Waals surface area contributed by atoms with E-state index in [1.807, 2.05) is 0 Å². The van der Waals surface area contributed by atoms with Crippen LogP contribution in [-0.2, 0) is 55.8 Å². The van der Waals surface area contributed by atoms with Gasteiger partial charge in [0.25, 0.3) is 0 Å². The number of unbranched alkanes of at least 4 members (excludes halogenated alkanes) is 20. The first-order valence-corrected chi connectivity index (χ1v) is 39.1. The number of aliphatic hydroxyl groups excluding tert-OH is 2. The number of hydrogen-bond acceptors (Lipinski definition) is 14. The van der Waals surface area contributed by atoms with Crippen LogP contribution in [0.1, 0.15) is 265 Å². The highest BCUT2D eigenvalue weighted by Gasteiger charge is 2.29. The van der Waals surface area contributed by atoms with Crippen molar-refractivity contribution in [2.75, 3.05) is 39.6 Å². The van der Waals surface area contributed by atoms with Crippen molar-refractivity contribution >= 4 is 33.6 Å². The molecular weight excluding hydrogens is 1240 g/mol. The van der Waals surface area contributed by atoms with Gasteiger partial charge in [0, 0.05) is 19.3 Å². The summed E-state index contributed by atoms with van der Waals surface area (Å²) in [6.45, 7) is 2.28. The Hall–Kier alpha value is -4.57. The Labute approximate surface area is 575 Å². The van der Waals surface area contributed by atoms with E-state index in [0.717, 1.165) is 180 Å². The van der Waals surface area contributed by atoms with E-state index >= 15 is 0 Å². The quantitative estimate of drug-likeness (QED) is 0.0146. The summed E-state index contributed by atoms with van der Waals surface area (Å²) in [6.07, 6.45) is 83.2. The van der Waals surface area contributed by atoms with Crippen molar-refractivity contribution < 1.29 is 75.8 Å². The number of ether oxygens (including phenoxy) is 3. The highest BCUT2D eigenvalue weighted by Crippen LogP contribution is 2.45. The van der Waals surface area contributed by atoms with E-state index in [0.29, 0.717) is 19.3 Å². The van der Waals surface area contributed by atoms with Crippen molar-refractivity contribution in [3.8, 4) is 0 Å². The predicted octanol–water partition coefficient (Wildman–Crippen LogP) is 20.5. The highest BCUT2D eigenvalue weighted by atomic mass is 31.2. The van der Waals surface area contributed by atoms with Crippen molar-refractivity contribution in [1.82, 2.24) is 0 Å². The molecule has 0 aliphatic carbocycles. The largest absolute Gasteiger partial charge is 0.472 e. The molecule has 0 saturated carbocycles. The number of carbonyl (C=O) groups excluding carboxylic acids is 3. The zero-order valence-electron chi connectivity index (χ0n) is 58.8. The third-order valence-electron chi connectivity index (χ3n) is 14.5. The SMILES string of the molecule is CC/C=C\C/C=C\C/C=C\C/C=C\C/C=C\CCCCCCCCCCCC(=O)OCC(O)COP(=O)(O)OCC(O)COP(=O)(O)OCC(COC(=O)CCCCCCCC/C=C\C/C=C\C/C=C\C/C=C\CC)OC(=O)CCCCCCC/C=C\C/C=C\C/C=C\CC. The summed E-state index contributed by atoms with van der Waals surface area (Å²) in [7, 11) is -9.80. The van der Waals surface area contributed by atoms with Gasteiger partial charge >= 0.3 is 33.6 Å². The Bertz CT molecular complexity index is 2310. The minimum absolute atomic E-state index is 0.0773. The summed E-state index contributed by atoms with van der Waals surface area (Å²) in [5.41, 5.74) is 0. The van der Waals surface area contributed by atoms with Crippen molar-refractivity contribution in [3.05, 3.63) is 146 Å². The Morgan fingerprint density at radius 1 is 0.295 bits per heavy atom. The summed E-state index contributed by atoms with van der Waals surface area (Å²) in [5, 5.41) is 20.6. The smallest absolute Gasteiger partial charge is 0.463 e. The van der Waals surface area contributed by atoms with Crippen molar-refractivity contribution in [3.63, 3.8) is 0 Å². The number of esters is 3. The lowest BCUT2D eigenvalue weighted by molar-refractivity contribution is -0.161. The maximum atomic E-state index is 12.9. The molecule has 4 N–H and O–H groups in total. The Kier molecular flexibility index (Phi) is 66.0. The van der Waals surface area contributed by atoms with Crippen molar-refractivity contribution in [2.45, 2.75) is 283 Å². The van der Waals surface area contributed by atoms with Gasteiger partial charge in [0.05, 0.1) is 26.4 Å². The number of hydrogen-bond donors (Lipinski definition) is 4. The van der Waals surface area contributed by atoms with Crippen LogP contribution in [0.3, 0.4) is 0 Å². The summed E-state index contributed by atoms with van der Waals surface area (Å²) < 4.78 is 61.0. The van der Waals surface area contributed by atoms with Crippen LogP contribution in [0.25, 0.3) is 0 Å². The number of phosphoric acid groups is 2. The topological polar surface area (TPSA) is 231 Å². The Morgan fingerprint density at radius 3 is 0.832 bits per heavy atom. The molecule has 0 saturated heterocycles. The first-order valence-electron chi connectivity index (χ1n) is 36.1. The molecule has 0 aromatic carbocycles. The standard InChI is InChI=1S/C77H128O16P2/c1-4-7-10-13-16-19-22-25-28-30-32-33-34-35-36-37-39-41-43-45-48-51-54-57-60-63-75(80)87-66-72(78)67-89-94(83,84)90-68-73(79)69-91-95(85,86)92-71-74(93-77(82)65-62-59-56-53-50-47-42-27-24-21-18-15-12-9-6-3)70-88-76(81)64-61-58-55-52-49-46-44-40-38-31-29-26-23-20-17-14-11-8-5-2/h7-12,16-21,25-29,32-33,35-36,38,40,42,72-74,78-79H,4-6,13-15,22-24,30-31,34,37,39,41,43-71H2,1-3H3,(H,83,84)(H,85,86)/b10-7-,11-8-,12-9-,19-16-,20-17-,21-18-,28-25-,29-26-,33-32-,36-35-,40-38-,42-27-. The second-order valence-corrected chi connectivity index (χ2v) is 26.5. The molecule has 0 amide bonds. The molecular formula is C77H128O16P2. The first-order chi connectivity index (χ1) is 46.2. The van der Waals surface area contributed by atoms with E-state index in [2.05, 4.69) is 167 Å². The third-order valence-corrected chi connectivity index (χ3v) is 16.4. The third kappa shape index (κ3) is 70.6. The molecule has 18 heteroatoms. The van der Waals surface area contributed by atoms with Crippen LogP contribution in [0.15, 0.2) is 146 Å². The van der Waals surface area contributed by atoms with E-state index < -0.39 is 91.5 Å². The molecule has 0 fully saturated rings. The summed E-state index contributed by atoms with van der Waals surface area (Å²) in [5.74, 6) is -1.62. The van der Waals surface area contributed by atoms with Crippen molar-refractivity contribution in [1.29, 1.82) is 0 Å². The molecule has 0 radical (unpaired) electrons. The molecule has 16 nitrogen and oxygen atoms in total. The van der Waals surface area contributed by atoms with Gasteiger partial charge < -0.3 is 34.2 Å². The van der Waals surface area contributed by atoms with Crippen LogP contribution in [-0.4, -0.2) is 95.9 Å². The zero-order chi connectivity index (χ0) is 69.5. The number of allylic oxidation sites excluding steroid dienone is 24. The lowest BCUT2D eigenvalue weighted by Crippen LogP contribution is -2.30. The van der Waals surface area contributed by atoms with E-state index in [9.17, 15) is 43.5 Å². The van der Waals surface area contributed by atoms with Gasteiger partial charge in [0.1, 0.15) is 25.4 Å². The van der Waals surface area contributed by atoms with Gasteiger partial charge in [-0.05, 0) is 135 Å². The summed E-state index contributed by atoms with van der Waals surface area (Å²) in [4.78, 5) is 58.5. The summed E-state index contributed by atoms with van der Waals surface area (Å²) >= 11 is 0. The molecule has 5 unspecified atom stereocenters. The van der Waals surface area contributed by atoms with Crippen LogP contribution in [0.5, 0.6) is 0 Å². The van der Waals surface area contributed by atoms with Crippen LogP contribution in [0, 0.1) is 0 Å². The maximum absolute atomic E-state index is 12.9. The molecule has 0 aliphatic heterocycles. The van der Waals surface area contributed by atoms with Gasteiger partial charge in [-0.3, -0.25) is 32.5 Å². The van der Waals surface area contributed by atoms with Crippen LogP contribution < -0.4 is 0 Å². The fraction of sp³-hybridized carbons (Fsp3) is 0.649. The molecule has 0 bridgehead atoms. The summed E-state index contributed by atoms with van der Waals surface area (Å²) in [6, 6.07) is 0. The number of phosphoric ester groups is 2. The molecule has 95 heavy (non-hydrogen) atoms. The number of aliphatic hydroxyl groups is 2. The Morgan fingerprint density at radius 2 is 0.526 bits per heavy atom. The fourth-order valence-corrected chi connectivity index (χ4v) is 10.7. The minimum atomic E-state index is -4.94. The maximum Gasteiger partial charge on any atom is 0.472 e. The molecule has 0 aromatic rings. The van der Waals surface area contributed by atoms with E-state index in [1.165, 1.54) is 25.7 Å². The average molecular weight is 1370 g/mol. The second-order valence-electron chi connectivity index (χ2n) is 23.6. The minimum Gasteiger partial charge on any atom is -0.463 e. The lowest BCUT2D eigenvalue weighted by Gasteiger charge is -2.21. The molecule has 5 atom stereocenters. The van der Waals surface area contributed by atoms with Gasteiger partial charge in [-0.1, -0.05) is 256 Å². The van der Waals surface area contributed by atoms with Gasteiger partial charge in [0.15, 0.2) is 6.10 Å². The van der Waals surface area contributed by atoms with Gasteiger partial charge in [-0.2, -0.15) is 0 Å². The van der Waals surface area contributed by atoms with Crippen LogP contribution in [0.4, 0.5) is 0 Å². The molecule has 0 heterocycles. The number of rotatable bonds is 67. The average Bonchev–Trinajstić information content (AvgIpc) is 2.24. The van der Waals surface area contributed by atoms with E-state index in [1.54, 1.807) is 0 Å². The molecule has 542 valence electrons. The van der Waals surface area contributed by atoms with Gasteiger partial charge in [0.2, 0.25) is 0 Å². The second kappa shape index (κ2) is 69.3. The molecule has 0 spiro atoms.